The van der Waals surface area contributed by atoms with Crippen molar-refractivity contribution in [2.24, 2.45) is 0 Å². The first-order chi connectivity index (χ1) is 10.0. The summed E-state index contributed by atoms with van der Waals surface area (Å²) < 4.78 is 26.8. The van der Waals surface area contributed by atoms with Crippen LogP contribution in [0.15, 0.2) is 41.3 Å². The van der Waals surface area contributed by atoms with Crippen molar-refractivity contribution in [3.8, 4) is 6.07 Å². The van der Waals surface area contributed by atoms with E-state index in [-0.39, 0.29) is 16.0 Å². The minimum absolute atomic E-state index is 0.00396. The molecule has 0 amide bonds. The smallest absolute Gasteiger partial charge is 0.335 e. The van der Waals surface area contributed by atoms with Crippen molar-refractivity contribution in [2.45, 2.75) is 10.6 Å². The standard InChI is InChI=1S/C15H9F2NO2S/c16-12-3-1-9(5-11(12)7-18)8-21-14-6-10(15(19)20)2-4-13(14)17/h1-6H,8H2,(H,19,20). The van der Waals surface area contributed by atoms with Crippen LogP contribution < -0.4 is 0 Å². The number of benzene rings is 2. The molecule has 3 nitrogen and oxygen atoms in total. The van der Waals surface area contributed by atoms with Crippen LogP contribution in [0, 0.1) is 23.0 Å². The molecule has 1 N–H and O–H groups in total. The van der Waals surface area contributed by atoms with Gasteiger partial charge in [-0.25, -0.2) is 13.6 Å². The zero-order chi connectivity index (χ0) is 15.4. The highest BCUT2D eigenvalue weighted by atomic mass is 32.2. The number of thioether (sulfide) groups is 1. The van der Waals surface area contributed by atoms with E-state index in [2.05, 4.69) is 0 Å². The Morgan fingerprint density at radius 3 is 2.57 bits per heavy atom. The maximum Gasteiger partial charge on any atom is 0.335 e. The lowest BCUT2D eigenvalue weighted by Crippen LogP contribution is -1.97. The van der Waals surface area contributed by atoms with Crippen LogP contribution in [-0.4, -0.2) is 11.1 Å². The molecular weight excluding hydrogens is 296 g/mol. The van der Waals surface area contributed by atoms with Gasteiger partial charge in [0, 0.05) is 10.6 Å². The molecule has 0 unspecified atom stereocenters. The molecule has 21 heavy (non-hydrogen) atoms. The van der Waals surface area contributed by atoms with Gasteiger partial charge >= 0.3 is 5.97 Å². The fourth-order valence-corrected chi connectivity index (χ4v) is 2.57. The van der Waals surface area contributed by atoms with Gasteiger partial charge in [0.15, 0.2) is 0 Å². The number of carboxylic acids is 1. The first kappa shape index (κ1) is 15.0. The summed E-state index contributed by atoms with van der Waals surface area (Å²) in [7, 11) is 0. The van der Waals surface area contributed by atoms with E-state index in [1.807, 2.05) is 0 Å². The Morgan fingerprint density at radius 1 is 1.19 bits per heavy atom. The fourth-order valence-electron chi connectivity index (χ4n) is 1.66. The molecule has 6 heteroatoms. The Balaban J connectivity index is 2.18. The summed E-state index contributed by atoms with van der Waals surface area (Å²) in [4.78, 5) is 11.0. The third-order valence-corrected chi connectivity index (χ3v) is 3.83. The van der Waals surface area contributed by atoms with E-state index in [1.165, 1.54) is 30.3 Å². The minimum Gasteiger partial charge on any atom is -0.478 e. The van der Waals surface area contributed by atoms with Gasteiger partial charge in [-0.1, -0.05) is 6.07 Å². The number of hydrogen-bond donors (Lipinski definition) is 1. The van der Waals surface area contributed by atoms with Gasteiger partial charge < -0.3 is 5.11 Å². The Labute approximate surface area is 123 Å². The van der Waals surface area contributed by atoms with E-state index < -0.39 is 17.6 Å². The van der Waals surface area contributed by atoms with E-state index in [0.717, 1.165) is 17.8 Å². The fraction of sp³-hybridized carbons (Fsp3) is 0.0667. The summed E-state index contributed by atoms with van der Waals surface area (Å²) in [6, 6.07) is 9.33. The summed E-state index contributed by atoms with van der Waals surface area (Å²) in [5.41, 5.74) is 0.571. The second kappa shape index (κ2) is 6.37. The molecule has 0 aromatic heterocycles. The number of nitriles is 1. The Bertz CT molecular complexity index is 741. The Kier molecular flexibility index (Phi) is 4.55. The molecular formula is C15H9F2NO2S. The Hall–Kier alpha value is -2.39. The molecule has 0 aliphatic heterocycles. The third-order valence-electron chi connectivity index (χ3n) is 2.72. The van der Waals surface area contributed by atoms with Crippen LogP contribution in [0.4, 0.5) is 8.78 Å². The molecule has 0 saturated heterocycles. The molecule has 2 aromatic rings. The summed E-state index contributed by atoms with van der Waals surface area (Å²) in [5.74, 6) is -1.96. The molecule has 0 spiro atoms. The van der Waals surface area contributed by atoms with Crippen molar-refractivity contribution in [3.63, 3.8) is 0 Å². The van der Waals surface area contributed by atoms with Gasteiger partial charge in [0.25, 0.3) is 0 Å². The molecule has 0 atom stereocenters. The molecule has 106 valence electrons. The van der Waals surface area contributed by atoms with Crippen molar-refractivity contribution in [3.05, 3.63) is 64.7 Å². The number of aromatic carboxylic acids is 1. The van der Waals surface area contributed by atoms with Crippen LogP contribution in [0.5, 0.6) is 0 Å². The minimum atomic E-state index is -1.13. The van der Waals surface area contributed by atoms with Gasteiger partial charge in [-0.3, -0.25) is 0 Å². The Morgan fingerprint density at radius 2 is 1.90 bits per heavy atom. The van der Waals surface area contributed by atoms with Gasteiger partial charge in [0.05, 0.1) is 11.1 Å². The van der Waals surface area contributed by atoms with Gasteiger partial charge in [0.1, 0.15) is 17.7 Å². The van der Waals surface area contributed by atoms with Crippen molar-refractivity contribution in [1.82, 2.24) is 0 Å². The zero-order valence-electron chi connectivity index (χ0n) is 10.6. The van der Waals surface area contributed by atoms with Crippen LogP contribution in [0.2, 0.25) is 0 Å². The molecule has 0 radical (unpaired) electrons. The van der Waals surface area contributed by atoms with E-state index in [4.69, 9.17) is 10.4 Å². The van der Waals surface area contributed by atoms with Crippen LogP contribution in [0.3, 0.4) is 0 Å². The number of halogens is 2. The SMILES string of the molecule is N#Cc1cc(CSc2cc(C(=O)O)ccc2F)ccc1F. The molecule has 0 heterocycles. The van der Waals surface area contributed by atoms with Crippen molar-refractivity contribution in [2.75, 3.05) is 0 Å². The van der Waals surface area contributed by atoms with Gasteiger partial charge in [-0.15, -0.1) is 11.8 Å². The van der Waals surface area contributed by atoms with Gasteiger partial charge in [-0.2, -0.15) is 5.26 Å². The number of rotatable bonds is 4. The highest BCUT2D eigenvalue weighted by Gasteiger charge is 2.10. The predicted molar refractivity (Wildman–Crippen MR) is 74.0 cm³/mol. The maximum atomic E-state index is 13.6. The number of hydrogen-bond acceptors (Lipinski definition) is 3. The maximum absolute atomic E-state index is 13.6. The van der Waals surface area contributed by atoms with Crippen LogP contribution >= 0.6 is 11.8 Å². The molecule has 2 aromatic carbocycles. The molecule has 0 aliphatic carbocycles. The molecule has 2 rings (SSSR count). The summed E-state index contributed by atoms with van der Waals surface area (Å²) in [5, 5.41) is 17.6. The molecule has 0 bridgehead atoms. The average Bonchev–Trinajstić information content (AvgIpc) is 2.47. The highest BCUT2D eigenvalue weighted by Crippen LogP contribution is 2.27. The van der Waals surface area contributed by atoms with Crippen molar-refractivity contribution in [1.29, 1.82) is 5.26 Å². The van der Waals surface area contributed by atoms with E-state index >= 15 is 0 Å². The van der Waals surface area contributed by atoms with E-state index in [9.17, 15) is 13.6 Å². The van der Waals surface area contributed by atoms with Crippen LogP contribution in [-0.2, 0) is 5.75 Å². The predicted octanol–water partition coefficient (Wildman–Crippen LogP) is 3.83. The number of nitrogens with zero attached hydrogens (tertiary/aromatic N) is 1. The topological polar surface area (TPSA) is 61.1 Å². The highest BCUT2D eigenvalue weighted by molar-refractivity contribution is 7.98. The summed E-state index contributed by atoms with van der Waals surface area (Å²) in [6.45, 7) is 0. The van der Waals surface area contributed by atoms with Gasteiger partial charge in [-0.05, 0) is 35.9 Å². The number of carbonyl (C=O) groups is 1. The van der Waals surface area contributed by atoms with Crippen molar-refractivity contribution < 1.29 is 18.7 Å². The second-order valence-corrected chi connectivity index (χ2v) is 5.18. The monoisotopic (exact) mass is 305 g/mol. The van der Waals surface area contributed by atoms with E-state index in [1.54, 1.807) is 6.07 Å². The first-order valence-corrected chi connectivity index (χ1v) is 6.84. The van der Waals surface area contributed by atoms with E-state index in [0.29, 0.717) is 11.3 Å². The van der Waals surface area contributed by atoms with Crippen LogP contribution in [0.1, 0.15) is 21.5 Å². The first-order valence-electron chi connectivity index (χ1n) is 5.85. The van der Waals surface area contributed by atoms with Crippen LogP contribution in [0.25, 0.3) is 0 Å². The summed E-state index contributed by atoms with van der Waals surface area (Å²) in [6.07, 6.45) is 0. The van der Waals surface area contributed by atoms with Crippen molar-refractivity contribution >= 4 is 17.7 Å². The zero-order valence-corrected chi connectivity index (χ0v) is 11.5. The lowest BCUT2D eigenvalue weighted by atomic mass is 10.1. The molecule has 0 aliphatic rings. The molecule has 0 fully saturated rings. The summed E-state index contributed by atoms with van der Waals surface area (Å²) >= 11 is 1.09. The number of carboxylic acid groups (broad SMARTS) is 1. The normalized spacial score (nSPS) is 10.1. The average molecular weight is 305 g/mol. The molecule has 0 saturated carbocycles. The lowest BCUT2D eigenvalue weighted by molar-refractivity contribution is 0.0696. The lowest BCUT2D eigenvalue weighted by Gasteiger charge is -2.05. The quantitative estimate of drug-likeness (QED) is 0.872. The second-order valence-electron chi connectivity index (χ2n) is 4.17. The largest absolute Gasteiger partial charge is 0.478 e. The third kappa shape index (κ3) is 3.58. The van der Waals surface area contributed by atoms with Gasteiger partial charge in [0.2, 0.25) is 0 Å².